The average Bonchev–Trinajstić information content (AvgIpc) is 3.61. The molecule has 0 bridgehead atoms. The van der Waals surface area contributed by atoms with E-state index in [-0.39, 0.29) is 11.7 Å². The van der Waals surface area contributed by atoms with Crippen molar-refractivity contribution in [2.45, 2.75) is 51.2 Å². The van der Waals surface area contributed by atoms with Crippen LogP contribution in [0.3, 0.4) is 0 Å². The van der Waals surface area contributed by atoms with Gasteiger partial charge in [0.1, 0.15) is 22.7 Å². The lowest BCUT2D eigenvalue weighted by atomic mass is 9.82. The number of hydrogen-bond donors (Lipinski definition) is 1. The van der Waals surface area contributed by atoms with Crippen molar-refractivity contribution in [1.29, 1.82) is 0 Å². The minimum atomic E-state index is -1.000. The predicted octanol–water partition coefficient (Wildman–Crippen LogP) is 4.78. The van der Waals surface area contributed by atoms with E-state index in [0.29, 0.717) is 76.1 Å². The molecular weight excluding hydrogens is 560 g/mol. The van der Waals surface area contributed by atoms with Gasteiger partial charge in [0, 0.05) is 44.2 Å². The van der Waals surface area contributed by atoms with Crippen LogP contribution < -0.4 is 10.5 Å². The van der Waals surface area contributed by atoms with E-state index in [4.69, 9.17) is 45.4 Å². The lowest BCUT2D eigenvalue weighted by molar-refractivity contribution is -0.0240. The molecule has 6 heterocycles. The molecule has 0 saturated heterocycles. The summed E-state index contributed by atoms with van der Waals surface area (Å²) in [4.78, 5) is 35.6. The molecule has 0 spiro atoms. The van der Waals surface area contributed by atoms with Gasteiger partial charge in [-0.1, -0.05) is 31.4 Å². The van der Waals surface area contributed by atoms with Crippen molar-refractivity contribution in [1.82, 2.24) is 39.7 Å². The largest absolute Gasteiger partial charge is 0.491 e. The Kier molecular flexibility index (Phi) is 6.74. The van der Waals surface area contributed by atoms with Crippen molar-refractivity contribution >= 4 is 22.8 Å². The Hall–Kier alpha value is -4.16. The summed E-state index contributed by atoms with van der Waals surface area (Å²) in [5.41, 5.74) is 1.97. The molecule has 1 aliphatic heterocycles. The zero-order chi connectivity index (χ0) is 28.8. The van der Waals surface area contributed by atoms with Crippen molar-refractivity contribution in [3.8, 4) is 28.7 Å². The number of nitrogens with one attached hydrogen (secondary N) is 1. The molecular formula is C29H29ClN8O4. The summed E-state index contributed by atoms with van der Waals surface area (Å²) in [6.07, 6.45) is 10.0. The van der Waals surface area contributed by atoms with Crippen LogP contribution in [0.4, 0.5) is 0 Å². The van der Waals surface area contributed by atoms with Gasteiger partial charge < -0.3 is 18.5 Å². The maximum absolute atomic E-state index is 11.8. The van der Waals surface area contributed by atoms with E-state index in [1.54, 1.807) is 31.8 Å². The molecule has 0 aromatic carbocycles. The zero-order valence-corrected chi connectivity index (χ0v) is 24.0. The third-order valence-corrected chi connectivity index (χ3v) is 8.57. The van der Waals surface area contributed by atoms with Crippen LogP contribution in [0.2, 0.25) is 5.02 Å². The summed E-state index contributed by atoms with van der Waals surface area (Å²) in [5, 5.41) is 6.70. The summed E-state index contributed by atoms with van der Waals surface area (Å²) in [7, 11) is 1.67. The number of H-pyrrole nitrogens is 1. The predicted molar refractivity (Wildman–Crippen MR) is 153 cm³/mol. The van der Waals surface area contributed by atoms with Gasteiger partial charge in [-0.15, -0.1) is 5.10 Å². The van der Waals surface area contributed by atoms with Gasteiger partial charge in [0.2, 0.25) is 5.82 Å². The molecule has 2 aliphatic rings. The summed E-state index contributed by atoms with van der Waals surface area (Å²) in [6.45, 7) is 3.43. The highest BCUT2D eigenvalue weighted by Crippen LogP contribution is 2.45. The van der Waals surface area contributed by atoms with Crippen LogP contribution in [0.25, 0.3) is 34.1 Å². The number of pyridine rings is 2. The second kappa shape index (κ2) is 10.6. The van der Waals surface area contributed by atoms with Crippen LogP contribution in [0.15, 0.2) is 46.0 Å². The van der Waals surface area contributed by atoms with Gasteiger partial charge in [0.25, 0.3) is 5.89 Å². The van der Waals surface area contributed by atoms with Gasteiger partial charge in [-0.2, -0.15) is 0 Å². The van der Waals surface area contributed by atoms with E-state index < -0.39 is 11.4 Å². The molecule has 0 radical (unpaired) electrons. The molecule has 1 aliphatic carbocycles. The van der Waals surface area contributed by atoms with Crippen LogP contribution in [0.1, 0.15) is 50.5 Å². The summed E-state index contributed by atoms with van der Waals surface area (Å²) < 4.78 is 19.8. The first-order valence-corrected chi connectivity index (χ1v) is 14.4. The number of hydrogen-bond acceptors (Lipinski definition) is 10. The molecule has 42 heavy (non-hydrogen) atoms. The Balaban J connectivity index is 1.53. The smallest absolute Gasteiger partial charge is 0.434 e. The highest BCUT2D eigenvalue weighted by atomic mass is 35.5. The van der Waals surface area contributed by atoms with E-state index in [0.717, 1.165) is 12.8 Å². The molecule has 5 aromatic heterocycles. The van der Waals surface area contributed by atoms with E-state index in [2.05, 4.69) is 26.7 Å². The summed E-state index contributed by atoms with van der Waals surface area (Å²) in [5.74, 6) is 1.79. The Bertz CT molecular complexity index is 1830. The van der Waals surface area contributed by atoms with Gasteiger partial charge in [0.05, 0.1) is 11.6 Å². The molecule has 1 fully saturated rings. The van der Waals surface area contributed by atoms with Crippen LogP contribution in [-0.2, 0) is 16.9 Å². The van der Waals surface area contributed by atoms with Gasteiger partial charge in [0.15, 0.2) is 17.1 Å². The molecule has 12 nitrogen and oxygen atoms in total. The highest BCUT2D eigenvalue weighted by molar-refractivity contribution is 6.30. The number of aromatic nitrogens is 8. The molecule has 5 aromatic rings. The number of aromatic amines is 1. The van der Waals surface area contributed by atoms with Gasteiger partial charge >= 0.3 is 5.76 Å². The first-order chi connectivity index (χ1) is 20.4. The second-order valence-corrected chi connectivity index (χ2v) is 11.5. The van der Waals surface area contributed by atoms with Crippen molar-refractivity contribution in [2.24, 2.45) is 11.8 Å². The second-order valence-electron chi connectivity index (χ2n) is 11.0. The number of halogens is 1. The Morgan fingerprint density at radius 3 is 2.81 bits per heavy atom. The normalized spacial score (nSPS) is 22.2. The Labute approximate surface area is 245 Å². The third-order valence-electron chi connectivity index (χ3n) is 8.36. The van der Waals surface area contributed by atoms with Crippen molar-refractivity contribution in [3.63, 3.8) is 0 Å². The maximum atomic E-state index is 11.8. The highest BCUT2D eigenvalue weighted by Gasteiger charge is 2.46. The minimum Gasteiger partial charge on any atom is -0.491 e. The molecule has 0 amide bonds. The standard InChI is InChI=1S/C29H29ClN8O4/c1-16-5-7-17(8-6-16)15-38-22-21(18-12-19(30)14-31-13-18)33-25(26-36-37-28(39)42-26)34-24(22)35-27(38)29(40-2)9-11-41-20-4-3-10-32-23(20)29/h3-4,10,12-14,16-17H,5-9,11,15H2,1-2H3,(H,37,39)/t16-,17-,29?. The number of fused-ring (bicyclic) bond motifs is 2. The molecule has 13 heteroatoms. The zero-order valence-electron chi connectivity index (χ0n) is 23.2. The van der Waals surface area contributed by atoms with Crippen molar-refractivity contribution < 1.29 is 13.9 Å². The number of ether oxygens (including phenoxy) is 2. The number of imidazole rings is 1. The molecule has 7 rings (SSSR count). The minimum absolute atomic E-state index is 0.0463. The van der Waals surface area contributed by atoms with Crippen molar-refractivity contribution in [2.75, 3.05) is 13.7 Å². The topological polar surface area (TPSA) is 147 Å². The van der Waals surface area contributed by atoms with E-state index in [9.17, 15) is 4.79 Å². The summed E-state index contributed by atoms with van der Waals surface area (Å²) in [6, 6.07) is 5.53. The van der Waals surface area contributed by atoms with Crippen LogP contribution in [0, 0.1) is 11.8 Å². The van der Waals surface area contributed by atoms with Crippen LogP contribution >= 0.6 is 11.6 Å². The maximum Gasteiger partial charge on any atom is 0.434 e. The molecule has 1 N–H and O–H groups in total. The average molecular weight is 589 g/mol. The van der Waals surface area contributed by atoms with Gasteiger partial charge in [-0.25, -0.2) is 24.8 Å². The first kappa shape index (κ1) is 26.7. The fourth-order valence-corrected chi connectivity index (χ4v) is 6.37. The van der Waals surface area contributed by atoms with E-state index in [1.807, 2.05) is 12.1 Å². The number of methoxy groups -OCH3 is 1. The van der Waals surface area contributed by atoms with Crippen molar-refractivity contribution in [3.05, 3.63) is 63.9 Å². The van der Waals surface area contributed by atoms with Gasteiger partial charge in [-0.05, 0) is 42.9 Å². The van der Waals surface area contributed by atoms with Crippen LogP contribution in [-0.4, -0.2) is 53.4 Å². The first-order valence-electron chi connectivity index (χ1n) is 14.0. The molecule has 1 unspecified atom stereocenters. The molecule has 1 atom stereocenters. The quantitative estimate of drug-likeness (QED) is 0.294. The monoisotopic (exact) mass is 588 g/mol. The van der Waals surface area contributed by atoms with E-state index >= 15 is 0 Å². The molecule has 1 saturated carbocycles. The SMILES string of the molecule is COC1(c2nc3nc(-c4n[nH]c(=O)o4)nc(-c4cncc(Cl)c4)c3n2C[C@H]2CC[C@H](C)CC2)CCOc2cccnc21. The Morgan fingerprint density at radius 1 is 1.19 bits per heavy atom. The Morgan fingerprint density at radius 2 is 2.05 bits per heavy atom. The fourth-order valence-electron chi connectivity index (χ4n) is 6.20. The summed E-state index contributed by atoms with van der Waals surface area (Å²) >= 11 is 6.40. The third kappa shape index (κ3) is 4.54. The van der Waals surface area contributed by atoms with E-state index in [1.165, 1.54) is 12.8 Å². The molecule has 216 valence electrons. The number of nitrogens with zero attached hydrogens (tertiary/aromatic N) is 7. The lowest BCUT2D eigenvalue weighted by Gasteiger charge is -2.37. The number of rotatable bonds is 6. The lowest BCUT2D eigenvalue weighted by Crippen LogP contribution is -2.40. The van der Waals surface area contributed by atoms with Gasteiger partial charge in [-0.3, -0.25) is 9.97 Å². The fraction of sp³-hybridized carbons (Fsp3) is 0.414. The van der Waals surface area contributed by atoms with Crippen LogP contribution in [0.5, 0.6) is 5.75 Å².